The van der Waals surface area contributed by atoms with Crippen LogP contribution < -0.4 is 0 Å². The van der Waals surface area contributed by atoms with Crippen LogP contribution in [-0.4, -0.2) is 82.4 Å². The lowest BCUT2D eigenvalue weighted by atomic mass is 9.84. The zero-order chi connectivity index (χ0) is 23.1. The van der Waals surface area contributed by atoms with E-state index in [9.17, 15) is 4.79 Å². The van der Waals surface area contributed by atoms with Gasteiger partial charge in [-0.05, 0) is 59.8 Å². The standard InChI is InChI=1S/C23H42N2O6/c1-6-28-17(2)14-29-18(3)15-30-19(4)16-31-23(26)22(24)20-9-7-10-21(13-20)25-11-8-12-27-5/h17-20,24H,6-16H2,1-5H3. The van der Waals surface area contributed by atoms with Gasteiger partial charge in [0.15, 0.2) is 0 Å². The molecule has 4 atom stereocenters. The Morgan fingerprint density at radius 3 is 2.39 bits per heavy atom. The van der Waals surface area contributed by atoms with Gasteiger partial charge in [-0.3, -0.25) is 10.4 Å². The quantitative estimate of drug-likeness (QED) is 0.223. The molecular weight excluding hydrogens is 400 g/mol. The van der Waals surface area contributed by atoms with Crippen molar-refractivity contribution in [3.05, 3.63) is 0 Å². The Bertz CT molecular complexity index is 554. The van der Waals surface area contributed by atoms with Gasteiger partial charge >= 0.3 is 5.97 Å². The van der Waals surface area contributed by atoms with E-state index in [4.69, 9.17) is 29.1 Å². The van der Waals surface area contributed by atoms with Crippen LogP contribution in [0.3, 0.4) is 0 Å². The Morgan fingerprint density at radius 1 is 1.10 bits per heavy atom. The normalized spacial score (nSPS) is 20.9. The van der Waals surface area contributed by atoms with Crippen molar-refractivity contribution >= 4 is 17.4 Å². The maximum Gasteiger partial charge on any atom is 0.352 e. The molecular formula is C23H42N2O6. The summed E-state index contributed by atoms with van der Waals surface area (Å²) in [7, 11) is 1.68. The van der Waals surface area contributed by atoms with Crippen molar-refractivity contribution in [2.45, 2.75) is 78.1 Å². The van der Waals surface area contributed by atoms with Crippen molar-refractivity contribution in [2.75, 3.05) is 46.7 Å². The van der Waals surface area contributed by atoms with E-state index in [0.29, 0.717) is 32.8 Å². The number of nitrogens with one attached hydrogen (secondary N) is 1. The highest BCUT2D eigenvalue weighted by molar-refractivity contribution is 6.36. The van der Waals surface area contributed by atoms with Gasteiger partial charge in [-0.2, -0.15) is 0 Å². The third kappa shape index (κ3) is 12.3. The van der Waals surface area contributed by atoms with Crippen LogP contribution in [0.5, 0.6) is 0 Å². The predicted molar refractivity (Wildman–Crippen MR) is 121 cm³/mol. The van der Waals surface area contributed by atoms with Gasteiger partial charge < -0.3 is 23.7 Å². The molecule has 0 aromatic carbocycles. The average molecular weight is 443 g/mol. The van der Waals surface area contributed by atoms with Gasteiger partial charge in [0.1, 0.15) is 12.3 Å². The molecule has 0 heterocycles. The zero-order valence-electron chi connectivity index (χ0n) is 20.0. The second kappa shape index (κ2) is 16.3. The third-order valence-electron chi connectivity index (χ3n) is 5.10. The summed E-state index contributed by atoms with van der Waals surface area (Å²) in [6.07, 6.45) is 3.97. The van der Waals surface area contributed by atoms with E-state index in [1.165, 1.54) is 0 Å². The lowest BCUT2D eigenvalue weighted by Gasteiger charge is -2.24. The SMILES string of the molecule is CCOC(C)COC(C)COC(C)COC(=O)C(=N)C1CCCC(=NCCCOC)C1. The van der Waals surface area contributed by atoms with E-state index < -0.39 is 5.97 Å². The number of methoxy groups -OCH3 is 1. The first-order valence-corrected chi connectivity index (χ1v) is 11.5. The first-order valence-electron chi connectivity index (χ1n) is 11.5. The molecule has 8 heteroatoms. The Balaban J connectivity index is 2.28. The molecule has 0 aromatic rings. The molecule has 1 N–H and O–H groups in total. The number of esters is 1. The molecule has 0 radical (unpaired) electrons. The minimum Gasteiger partial charge on any atom is -0.458 e. The van der Waals surface area contributed by atoms with Crippen molar-refractivity contribution in [1.29, 1.82) is 5.41 Å². The topological polar surface area (TPSA) is 99.4 Å². The summed E-state index contributed by atoms with van der Waals surface area (Å²) < 4.78 is 27.2. The van der Waals surface area contributed by atoms with E-state index in [0.717, 1.165) is 37.9 Å². The number of carbonyl (C=O) groups excluding carboxylic acids is 1. The first-order chi connectivity index (χ1) is 14.9. The molecule has 1 aliphatic carbocycles. The summed E-state index contributed by atoms with van der Waals surface area (Å²) >= 11 is 0. The Labute approximate surface area is 187 Å². The fourth-order valence-electron chi connectivity index (χ4n) is 3.34. The summed E-state index contributed by atoms with van der Waals surface area (Å²) in [6.45, 7) is 10.8. The molecule has 1 aliphatic rings. The largest absolute Gasteiger partial charge is 0.458 e. The number of hydrogen-bond donors (Lipinski definition) is 1. The van der Waals surface area contributed by atoms with Crippen molar-refractivity contribution in [3.8, 4) is 0 Å². The average Bonchev–Trinajstić information content (AvgIpc) is 2.77. The van der Waals surface area contributed by atoms with E-state index in [1.54, 1.807) is 7.11 Å². The van der Waals surface area contributed by atoms with Crippen molar-refractivity contribution in [2.24, 2.45) is 10.9 Å². The molecule has 1 fully saturated rings. The fraction of sp³-hybridized carbons (Fsp3) is 0.870. The molecule has 1 saturated carbocycles. The van der Waals surface area contributed by atoms with Crippen LogP contribution in [0.25, 0.3) is 0 Å². The number of hydrogen-bond acceptors (Lipinski definition) is 8. The molecule has 0 saturated heterocycles. The monoisotopic (exact) mass is 442 g/mol. The lowest BCUT2D eigenvalue weighted by Crippen LogP contribution is -2.32. The molecule has 8 nitrogen and oxygen atoms in total. The van der Waals surface area contributed by atoms with E-state index >= 15 is 0 Å². The van der Waals surface area contributed by atoms with Crippen LogP contribution in [0.15, 0.2) is 4.99 Å². The predicted octanol–water partition coefficient (Wildman–Crippen LogP) is 3.45. The van der Waals surface area contributed by atoms with Gasteiger partial charge in [-0.25, -0.2) is 4.79 Å². The summed E-state index contributed by atoms with van der Waals surface area (Å²) in [4.78, 5) is 16.9. The summed E-state index contributed by atoms with van der Waals surface area (Å²) in [5.41, 5.74) is 1.13. The molecule has 180 valence electrons. The lowest BCUT2D eigenvalue weighted by molar-refractivity contribution is -0.141. The summed E-state index contributed by atoms with van der Waals surface area (Å²) in [6, 6.07) is 0. The second-order valence-electron chi connectivity index (χ2n) is 8.15. The minimum absolute atomic E-state index is 0.0399. The molecule has 0 bridgehead atoms. The Kier molecular flexibility index (Phi) is 14.6. The van der Waals surface area contributed by atoms with Crippen molar-refractivity contribution in [3.63, 3.8) is 0 Å². The Morgan fingerprint density at radius 2 is 1.74 bits per heavy atom. The van der Waals surface area contributed by atoms with E-state index in [1.807, 2.05) is 27.7 Å². The summed E-state index contributed by atoms with van der Waals surface area (Å²) in [5.74, 6) is -0.671. The van der Waals surface area contributed by atoms with Crippen LogP contribution in [0.4, 0.5) is 0 Å². The van der Waals surface area contributed by atoms with Crippen LogP contribution in [0, 0.1) is 11.3 Å². The van der Waals surface area contributed by atoms with Gasteiger partial charge in [0, 0.05) is 38.5 Å². The van der Waals surface area contributed by atoms with Gasteiger partial charge in [0.25, 0.3) is 0 Å². The molecule has 1 rings (SSSR count). The molecule has 0 spiro atoms. The molecule has 0 amide bonds. The summed E-state index contributed by atoms with van der Waals surface area (Å²) in [5, 5.41) is 8.24. The number of carbonyl (C=O) groups is 1. The third-order valence-corrected chi connectivity index (χ3v) is 5.10. The molecule has 4 unspecified atom stereocenters. The Hall–Kier alpha value is -1.35. The van der Waals surface area contributed by atoms with Crippen molar-refractivity contribution < 1.29 is 28.5 Å². The highest BCUT2D eigenvalue weighted by atomic mass is 16.6. The minimum atomic E-state index is -0.559. The van der Waals surface area contributed by atoms with Crippen LogP contribution in [-0.2, 0) is 28.5 Å². The number of aliphatic imine (C=N–C) groups is 1. The van der Waals surface area contributed by atoms with Crippen LogP contribution in [0.2, 0.25) is 0 Å². The van der Waals surface area contributed by atoms with Gasteiger partial charge in [0.2, 0.25) is 0 Å². The molecule has 0 aliphatic heterocycles. The highest BCUT2D eigenvalue weighted by Crippen LogP contribution is 2.24. The number of rotatable bonds is 16. The van der Waals surface area contributed by atoms with Crippen molar-refractivity contribution in [1.82, 2.24) is 0 Å². The maximum absolute atomic E-state index is 12.3. The van der Waals surface area contributed by atoms with E-state index in [2.05, 4.69) is 4.99 Å². The van der Waals surface area contributed by atoms with Gasteiger partial charge in [-0.1, -0.05) is 0 Å². The van der Waals surface area contributed by atoms with Crippen LogP contribution in [0.1, 0.15) is 59.8 Å². The van der Waals surface area contributed by atoms with Gasteiger partial charge in [-0.15, -0.1) is 0 Å². The molecule has 0 aromatic heterocycles. The highest BCUT2D eigenvalue weighted by Gasteiger charge is 2.27. The number of nitrogens with zero attached hydrogens (tertiary/aromatic N) is 1. The smallest absolute Gasteiger partial charge is 0.352 e. The van der Waals surface area contributed by atoms with Gasteiger partial charge in [0.05, 0.1) is 31.5 Å². The zero-order valence-corrected chi connectivity index (χ0v) is 20.0. The maximum atomic E-state index is 12.3. The molecule has 31 heavy (non-hydrogen) atoms. The van der Waals surface area contributed by atoms with E-state index in [-0.39, 0.29) is 36.5 Å². The first kappa shape index (κ1) is 27.7. The second-order valence-corrected chi connectivity index (χ2v) is 8.15. The number of ether oxygens (including phenoxy) is 5. The fourth-order valence-corrected chi connectivity index (χ4v) is 3.34. The van der Waals surface area contributed by atoms with Crippen LogP contribution >= 0.6 is 0 Å².